The molecule has 0 saturated carbocycles. The molecular weight excluding hydrogens is 402 g/mol. The Morgan fingerprint density at radius 1 is 1.20 bits per heavy atom. The largest absolute Gasteiger partial charge is 0.433 e. The summed E-state index contributed by atoms with van der Waals surface area (Å²) in [4.78, 5) is 62.5. The van der Waals surface area contributed by atoms with Crippen molar-refractivity contribution in [2.75, 3.05) is 19.6 Å². The van der Waals surface area contributed by atoms with Crippen molar-refractivity contribution in [3.8, 4) is 0 Å². The van der Waals surface area contributed by atoms with E-state index in [1.807, 2.05) is 0 Å². The molecule has 2 saturated heterocycles. The molecule has 5 amide bonds. The maximum absolute atomic E-state index is 12.8. The number of aliphatic hydroxyl groups excluding tert-OH is 2. The number of hydrogen-bond donors (Lipinski definition) is 5. The molecule has 0 aromatic heterocycles. The monoisotopic (exact) mass is 429 g/mol. The van der Waals surface area contributed by atoms with E-state index in [0.29, 0.717) is 12.8 Å². The Hall–Kier alpha value is -2.93. The number of nitrogens with one attached hydrogen (secondary N) is 1. The number of aliphatic hydroxyl groups is 2. The van der Waals surface area contributed by atoms with Crippen molar-refractivity contribution in [2.24, 2.45) is 11.5 Å². The van der Waals surface area contributed by atoms with E-state index in [9.17, 15) is 34.2 Å². The third kappa shape index (κ3) is 4.46. The minimum Gasteiger partial charge on any atom is -0.433 e. The van der Waals surface area contributed by atoms with Crippen LogP contribution in [0, 0.1) is 0 Å². The van der Waals surface area contributed by atoms with Crippen LogP contribution in [0.25, 0.3) is 0 Å². The zero-order chi connectivity index (χ0) is 22.8. The van der Waals surface area contributed by atoms with Gasteiger partial charge in [-0.2, -0.15) is 0 Å². The van der Waals surface area contributed by atoms with E-state index in [-0.39, 0.29) is 13.1 Å². The average molecular weight is 429 g/mol. The van der Waals surface area contributed by atoms with Crippen LogP contribution in [-0.2, 0) is 23.9 Å². The van der Waals surface area contributed by atoms with Gasteiger partial charge >= 0.3 is 6.09 Å². The van der Waals surface area contributed by atoms with Gasteiger partial charge in [0.05, 0.1) is 25.3 Å². The lowest BCUT2D eigenvalue weighted by Gasteiger charge is -2.51. The van der Waals surface area contributed by atoms with Gasteiger partial charge in [0.15, 0.2) is 0 Å². The van der Waals surface area contributed by atoms with Gasteiger partial charge in [-0.3, -0.25) is 19.2 Å². The van der Waals surface area contributed by atoms with Crippen LogP contribution in [-0.4, -0.2) is 99.3 Å². The van der Waals surface area contributed by atoms with Crippen LogP contribution in [0.4, 0.5) is 4.79 Å². The highest BCUT2D eigenvalue weighted by molar-refractivity contribution is 6.00. The molecule has 30 heavy (non-hydrogen) atoms. The first-order valence-electron chi connectivity index (χ1n) is 9.42. The van der Waals surface area contributed by atoms with Crippen molar-refractivity contribution in [2.45, 2.75) is 56.6 Å². The number of nitrogens with two attached hydrogens (primary N) is 2. The highest BCUT2D eigenvalue weighted by atomic mass is 16.6. The van der Waals surface area contributed by atoms with Gasteiger partial charge in [-0.15, -0.1) is 0 Å². The topological polar surface area (TPSA) is 206 Å². The summed E-state index contributed by atoms with van der Waals surface area (Å²) in [5, 5.41) is 21.5. The molecule has 168 valence electrons. The van der Waals surface area contributed by atoms with E-state index in [1.54, 1.807) is 0 Å². The standard InChI is InChI=1S/C17H27N5O8/c1-8(23)11(13(18)26)20-10(25)6-21-7-17(15(21)28)4-3-5-22(17)14(27)12(9(2)24)30-16(19)29/h8-9,11-12,23-24H,3-7H2,1-2H3,(H2,18,26)(H2,19,29)(H,20,25)/t8-,9-,11+,12+,17?/m1/s1. The number of primary amides is 2. The molecule has 0 aromatic carbocycles. The predicted octanol–water partition coefficient (Wildman–Crippen LogP) is -3.61. The van der Waals surface area contributed by atoms with Gasteiger partial charge in [-0.05, 0) is 26.7 Å². The van der Waals surface area contributed by atoms with Crippen LogP contribution >= 0.6 is 0 Å². The minimum atomic E-state index is -1.55. The summed E-state index contributed by atoms with van der Waals surface area (Å²) >= 11 is 0. The zero-order valence-electron chi connectivity index (χ0n) is 16.7. The number of rotatable bonds is 8. The van der Waals surface area contributed by atoms with Crippen molar-refractivity contribution < 1.29 is 38.9 Å². The van der Waals surface area contributed by atoms with Crippen LogP contribution in [0.15, 0.2) is 0 Å². The van der Waals surface area contributed by atoms with Gasteiger partial charge in [0.1, 0.15) is 11.6 Å². The normalized spacial score (nSPS) is 24.6. The van der Waals surface area contributed by atoms with Gasteiger partial charge < -0.3 is 41.5 Å². The Balaban J connectivity index is 2.05. The molecule has 1 spiro atoms. The molecule has 5 atom stereocenters. The lowest BCUT2D eigenvalue weighted by atomic mass is 9.85. The maximum atomic E-state index is 12.8. The number of β-lactam (4-membered cyclic amide) rings is 1. The Morgan fingerprint density at radius 3 is 2.30 bits per heavy atom. The molecule has 2 heterocycles. The molecule has 1 unspecified atom stereocenters. The summed E-state index contributed by atoms with van der Waals surface area (Å²) in [7, 11) is 0. The SMILES string of the molecule is C[C@@H](O)[C@H](NC(=O)CN1CC2(CCCN2C(=O)[C@@H](OC(N)=O)[C@@H](C)O)C1=O)C(N)=O. The second-order valence-electron chi connectivity index (χ2n) is 7.57. The van der Waals surface area contributed by atoms with Crippen molar-refractivity contribution in [1.82, 2.24) is 15.1 Å². The number of carbonyl (C=O) groups excluding carboxylic acids is 5. The fourth-order valence-corrected chi connectivity index (χ4v) is 3.83. The van der Waals surface area contributed by atoms with Crippen LogP contribution in [0.2, 0.25) is 0 Å². The Kier molecular flexibility index (Phi) is 6.87. The van der Waals surface area contributed by atoms with E-state index >= 15 is 0 Å². The molecule has 0 aliphatic carbocycles. The average Bonchev–Trinajstić information content (AvgIpc) is 3.08. The molecule has 2 rings (SSSR count). The summed E-state index contributed by atoms with van der Waals surface area (Å²) in [6, 6.07) is -1.30. The van der Waals surface area contributed by atoms with Gasteiger partial charge in [0, 0.05) is 6.54 Å². The van der Waals surface area contributed by atoms with Crippen molar-refractivity contribution >= 4 is 29.7 Å². The lowest BCUT2D eigenvalue weighted by Crippen LogP contribution is -2.74. The fourth-order valence-electron chi connectivity index (χ4n) is 3.83. The van der Waals surface area contributed by atoms with E-state index in [2.05, 4.69) is 5.32 Å². The molecule has 0 aromatic rings. The smallest absolute Gasteiger partial charge is 0.405 e. The van der Waals surface area contributed by atoms with Gasteiger partial charge in [0.2, 0.25) is 17.9 Å². The van der Waals surface area contributed by atoms with Crippen molar-refractivity contribution in [3.05, 3.63) is 0 Å². The maximum Gasteiger partial charge on any atom is 0.405 e. The summed E-state index contributed by atoms with van der Waals surface area (Å²) < 4.78 is 4.70. The first-order valence-corrected chi connectivity index (χ1v) is 9.42. The molecule has 13 heteroatoms. The summed E-state index contributed by atoms with van der Waals surface area (Å²) in [6.45, 7) is 2.40. The quantitative estimate of drug-likeness (QED) is 0.243. The molecule has 2 aliphatic rings. The first kappa shape index (κ1) is 23.3. The van der Waals surface area contributed by atoms with Crippen LogP contribution < -0.4 is 16.8 Å². The Labute approximate surface area is 172 Å². The minimum absolute atomic E-state index is 0.0456. The fraction of sp³-hybridized carbons (Fsp3) is 0.706. The molecule has 0 bridgehead atoms. The summed E-state index contributed by atoms with van der Waals surface area (Å²) in [6.07, 6.45) is -4.49. The molecule has 2 fully saturated rings. The first-order chi connectivity index (χ1) is 13.9. The number of ether oxygens (including phenoxy) is 1. The Bertz CT molecular complexity index is 742. The predicted molar refractivity (Wildman–Crippen MR) is 99.2 cm³/mol. The number of hydrogen-bond acceptors (Lipinski definition) is 8. The lowest BCUT2D eigenvalue weighted by molar-refractivity contribution is -0.173. The molecule has 7 N–H and O–H groups in total. The highest BCUT2D eigenvalue weighted by Crippen LogP contribution is 2.39. The molecule has 0 radical (unpaired) electrons. The number of amides is 5. The summed E-state index contributed by atoms with van der Waals surface area (Å²) in [5.41, 5.74) is 8.88. The van der Waals surface area contributed by atoms with E-state index in [1.165, 1.54) is 23.6 Å². The van der Waals surface area contributed by atoms with Crippen LogP contribution in [0.1, 0.15) is 26.7 Å². The number of nitrogens with zero attached hydrogens (tertiary/aromatic N) is 2. The summed E-state index contributed by atoms with van der Waals surface area (Å²) in [5.74, 6) is -2.85. The second kappa shape index (κ2) is 8.83. The third-order valence-corrected chi connectivity index (χ3v) is 5.26. The van der Waals surface area contributed by atoms with E-state index in [4.69, 9.17) is 16.2 Å². The third-order valence-electron chi connectivity index (χ3n) is 5.26. The zero-order valence-corrected chi connectivity index (χ0v) is 16.7. The highest BCUT2D eigenvalue weighted by Gasteiger charge is 2.60. The molecule has 2 aliphatic heterocycles. The number of carbonyl (C=O) groups is 5. The molecule has 13 nitrogen and oxygen atoms in total. The Morgan fingerprint density at radius 2 is 1.83 bits per heavy atom. The van der Waals surface area contributed by atoms with E-state index < -0.39 is 66.2 Å². The van der Waals surface area contributed by atoms with E-state index in [0.717, 1.165) is 0 Å². The second-order valence-corrected chi connectivity index (χ2v) is 7.57. The molecular formula is C17H27N5O8. The van der Waals surface area contributed by atoms with Crippen molar-refractivity contribution in [3.63, 3.8) is 0 Å². The van der Waals surface area contributed by atoms with Crippen LogP contribution in [0.3, 0.4) is 0 Å². The van der Waals surface area contributed by atoms with Gasteiger partial charge in [-0.1, -0.05) is 0 Å². The van der Waals surface area contributed by atoms with Gasteiger partial charge in [-0.25, -0.2) is 4.79 Å². The van der Waals surface area contributed by atoms with Crippen LogP contribution in [0.5, 0.6) is 0 Å². The number of likely N-dealkylation sites (tertiary alicyclic amines) is 2. The van der Waals surface area contributed by atoms with Gasteiger partial charge in [0.25, 0.3) is 11.8 Å². The van der Waals surface area contributed by atoms with Crippen molar-refractivity contribution in [1.29, 1.82) is 0 Å².